The molecule has 0 bridgehead atoms. The second-order valence-electron chi connectivity index (χ2n) is 4.33. The summed E-state index contributed by atoms with van der Waals surface area (Å²) in [6.07, 6.45) is 2.75. The Morgan fingerprint density at radius 3 is 2.83 bits per heavy atom. The summed E-state index contributed by atoms with van der Waals surface area (Å²) in [5, 5.41) is 2.64. The van der Waals surface area contributed by atoms with Crippen LogP contribution in [0.5, 0.6) is 0 Å². The molecular formula is C13H18N2O3. The Kier molecular flexibility index (Phi) is 4.41. The average Bonchev–Trinajstić information content (AvgIpc) is 2.40. The molecule has 1 aromatic carbocycles. The first-order chi connectivity index (χ1) is 8.74. The van der Waals surface area contributed by atoms with Crippen LogP contribution in [-0.4, -0.2) is 25.4 Å². The zero-order valence-electron chi connectivity index (χ0n) is 10.2. The quantitative estimate of drug-likeness (QED) is 0.808. The summed E-state index contributed by atoms with van der Waals surface area (Å²) in [5.41, 5.74) is 6.88. The number of nitrogens with two attached hydrogens (primary N) is 1. The summed E-state index contributed by atoms with van der Waals surface area (Å²) in [6.45, 7) is 1.06. The summed E-state index contributed by atoms with van der Waals surface area (Å²) in [4.78, 5) is 11.5. The third-order valence-corrected chi connectivity index (χ3v) is 2.83. The number of anilines is 2. The summed E-state index contributed by atoms with van der Waals surface area (Å²) in [6, 6.07) is 6.90. The number of hydrogen-bond acceptors (Lipinski definition) is 4. The van der Waals surface area contributed by atoms with E-state index in [1.165, 1.54) is 0 Å². The molecule has 1 heterocycles. The second-order valence-corrected chi connectivity index (χ2v) is 4.33. The molecule has 0 spiro atoms. The monoisotopic (exact) mass is 250 g/mol. The van der Waals surface area contributed by atoms with Crippen molar-refractivity contribution in [2.75, 3.05) is 24.3 Å². The zero-order valence-corrected chi connectivity index (χ0v) is 10.2. The van der Waals surface area contributed by atoms with E-state index in [0.717, 1.165) is 25.9 Å². The first kappa shape index (κ1) is 12.7. The Bertz CT molecular complexity index is 386. The van der Waals surface area contributed by atoms with Crippen molar-refractivity contribution < 1.29 is 14.3 Å². The van der Waals surface area contributed by atoms with E-state index in [-0.39, 0.29) is 6.10 Å². The summed E-state index contributed by atoms with van der Waals surface area (Å²) in [5.74, 6) is 0. The molecule has 5 nitrogen and oxygen atoms in total. The van der Waals surface area contributed by atoms with E-state index in [4.69, 9.17) is 15.2 Å². The molecule has 2 rings (SSSR count). The summed E-state index contributed by atoms with van der Waals surface area (Å²) in [7, 11) is 0. The van der Waals surface area contributed by atoms with E-state index in [1.54, 1.807) is 24.3 Å². The maximum atomic E-state index is 11.5. The van der Waals surface area contributed by atoms with Crippen LogP contribution in [-0.2, 0) is 9.47 Å². The van der Waals surface area contributed by atoms with Gasteiger partial charge in [0.1, 0.15) is 6.61 Å². The molecule has 1 amide bonds. The highest BCUT2D eigenvalue weighted by molar-refractivity contribution is 5.84. The van der Waals surface area contributed by atoms with Gasteiger partial charge in [-0.1, -0.05) is 0 Å². The minimum atomic E-state index is -0.464. The molecule has 1 fully saturated rings. The Hall–Kier alpha value is -1.75. The van der Waals surface area contributed by atoms with Crippen LogP contribution in [0.4, 0.5) is 16.2 Å². The minimum Gasteiger partial charge on any atom is -0.447 e. The SMILES string of the molecule is Nc1ccc(NC(=O)OCC2CCCCO2)cc1. The third-order valence-electron chi connectivity index (χ3n) is 2.83. The number of nitrogen functional groups attached to an aromatic ring is 1. The van der Waals surface area contributed by atoms with Crippen LogP contribution in [0.2, 0.25) is 0 Å². The highest BCUT2D eigenvalue weighted by atomic mass is 16.6. The van der Waals surface area contributed by atoms with Crippen LogP contribution in [0.3, 0.4) is 0 Å². The topological polar surface area (TPSA) is 73.6 Å². The predicted octanol–water partition coefficient (Wildman–Crippen LogP) is 2.39. The number of nitrogens with one attached hydrogen (secondary N) is 1. The highest BCUT2D eigenvalue weighted by Gasteiger charge is 2.15. The molecule has 1 aliphatic heterocycles. The van der Waals surface area contributed by atoms with E-state index in [9.17, 15) is 4.79 Å². The van der Waals surface area contributed by atoms with Crippen molar-refractivity contribution in [2.45, 2.75) is 25.4 Å². The molecule has 1 aliphatic rings. The van der Waals surface area contributed by atoms with Crippen LogP contribution in [0.25, 0.3) is 0 Å². The van der Waals surface area contributed by atoms with Gasteiger partial charge in [0, 0.05) is 18.0 Å². The van der Waals surface area contributed by atoms with E-state index in [0.29, 0.717) is 18.0 Å². The molecule has 3 N–H and O–H groups in total. The second kappa shape index (κ2) is 6.26. The van der Waals surface area contributed by atoms with Crippen molar-refractivity contribution >= 4 is 17.5 Å². The fourth-order valence-corrected chi connectivity index (χ4v) is 1.83. The first-order valence-electron chi connectivity index (χ1n) is 6.15. The molecule has 0 aliphatic carbocycles. The number of rotatable bonds is 3. The number of benzene rings is 1. The van der Waals surface area contributed by atoms with Gasteiger partial charge in [0.25, 0.3) is 0 Å². The number of hydrogen-bond donors (Lipinski definition) is 2. The zero-order chi connectivity index (χ0) is 12.8. The van der Waals surface area contributed by atoms with Gasteiger partial charge >= 0.3 is 6.09 Å². The van der Waals surface area contributed by atoms with E-state index in [1.807, 2.05) is 0 Å². The van der Waals surface area contributed by atoms with Crippen LogP contribution >= 0.6 is 0 Å². The van der Waals surface area contributed by atoms with Crippen LogP contribution in [0.1, 0.15) is 19.3 Å². The van der Waals surface area contributed by atoms with Crippen molar-refractivity contribution in [3.63, 3.8) is 0 Å². The largest absolute Gasteiger partial charge is 0.447 e. The number of amides is 1. The summed E-state index contributed by atoms with van der Waals surface area (Å²) < 4.78 is 10.6. The molecule has 1 atom stereocenters. The lowest BCUT2D eigenvalue weighted by atomic mass is 10.1. The van der Waals surface area contributed by atoms with Gasteiger partial charge in [0.05, 0.1) is 6.10 Å². The molecule has 0 aromatic heterocycles. The molecule has 0 saturated carbocycles. The smallest absolute Gasteiger partial charge is 0.411 e. The summed E-state index contributed by atoms with van der Waals surface area (Å²) >= 11 is 0. The lowest BCUT2D eigenvalue weighted by Gasteiger charge is -2.22. The Balaban J connectivity index is 1.73. The molecule has 1 aromatic rings. The van der Waals surface area contributed by atoms with Gasteiger partial charge in [-0.15, -0.1) is 0 Å². The Labute approximate surface area is 106 Å². The average molecular weight is 250 g/mol. The molecule has 0 radical (unpaired) electrons. The molecule has 98 valence electrons. The van der Waals surface area contributed by atoms with E-state index < -0.39 is 6.09 Å². The van der Waals surface area contributed by atoms with E-state index in [2.05, 4.69) is 5.32 Å². The number of carbonyl (C=O) groups excluding carboxylic acids is 1. The van der Waals surface area contributed by atoms with Crippen LogP contribution in [0, 0.1) is 0 Å². The van der Waals surface area contributed by atoms with Gasteiger partial charge in [-0.25, -0.2) is 4.79 Å². The van der Waals surface area contributed by atoms with Crippen LogP contribution in [0.15, 0.2) is 24.3 Å². The highest BCUT2D eigenvalue weighted by Crippen LogP contribution is 2.14. The minimum absolute atomic E-state index is 0.0379. The molecule has 18 heavy (non-hydrogen) atoms. The Morgan fingerprint density at radius 1 is 1.39 bits per heavy atom. The standard InChI is InChI=1S/C13H18N2O3/c14-10-4-6-11(7-5-10)15-13(16)18-9-12-3-1-2-8-17-12/h4-7,12H,1-3,8-9,14H2,(H,15,16). The normalized spacial score (nSPS) is 19.2. The third kappa shape index (κ3) is 3.92. The fourth-order valence-electron chi connectivity index (χ4n) is 1.83. The van der Waals surface area contributed by atoms with E-state index >= 15 is 0 Å². The molecule has 5 heteroatoms. The lowest BCUT2D eigenvalue weighted by molar-refractivity contribution is -0.0203. The van der Waals surface area contributed by atoms with Crippen molar-refractivity contribution in [3.05, 3.63) is 24.3 Å². The predicted molar refractivity (Wildman–Crippen MR) is 69.4 cm³/mol. The van der Waals surface area contributed by atoms with Gasteiger partial charge in [0.2, 0.25) is 0 Å². The van der Waals surface area contributed by atoms with Crippen molar-refractivity contribution in [2.24, 2.45) is 0 Å². The van der Waals surface area contributed by atoms with Gasteiger partial charge in [-0.2, -0.15) is 0 Å². The lowest BCUT2D eigenvalue weighted by Crippen LogP contribution is -2.27. The number of carbonyl (C=O) groups is 1. The van der Waals surface area contributed by atoms with Crippen LogP contribution < -0.4 is 11.1 Å². The van der Waals surface area contributed by atoms with Gasteiger partial charge < -0.3 is 15.2 Å². The maximum absolute atomic E-state index is 11.5. The van der Waals surface area contributed by atoms with Gasteiger partial charge in [-0.3, -0.25) is 5.32 Å². The molecular weight excluding hydrogens is 232 g/mol. The Morgan fingerprint density at radius 2 is 2.17 bits per heavy atom. The first-order valence-corrected chi connectivity index (χ1v) is 6.15. The van der Waals surface area contributed by atoms with Crippen molar-refractivity contribution in [3.8, 4) is 0 Å². The molecule has 1 saturated heterocycles. The maximum Gasteiger partial charge on any atom is 0.411 e. The number of ether oxygens (including phenoxy) is 2. The van der Waals surface area contributed by atoms with Gasteiger partial charge in [0.15, 0.2) is 0 Å². The van der Waals surface area contributed by atoms with Crippen molar-refractivity contribution in [1.29, 1.82) is 0 Å². The van der Waals surface area contributed by atoms with Gasteiger partial charge in [-0.05, 0) is 43.5 Å². The fraction of sp³-hybridized carbons (Fsp3) is 0.462. The van der Waals surface area contributed by atoms with Crippen molar-refractivity contribution in [1.82, 2.24) is 0 Å². The molecule has 1 unspecified atom stereocenters.